The average molecular weight is 218 g/mol. The van der Waals surface area contributed by atoms with Crippen molar-refractivity contribution < 1.29 is 9.90 Å². The molecule has 2 rings (SSSR count). The van der Waals surface area contributed by atoms with Crippen LogP contribution < -0.4 is 0 Å². The number of hydrogen-bond acceptors (Lipinski definition) is 2. The fourth-order valence-corrected chi connectivity index (χ4v) is 1.20. The molecule has 0 aliphatic rings. The lowest BCUT2D eigenvalue weighted by Gasteiger charge is -1.99. The topological polar surface area (TPSA) is 55.1 Å². The molecule has 1 N–H and O–H groups in total. The first-order chi connectivity index (χ1) is 7.77. The molecular formula is C12H14N2O2. The smallest absolute Gasteiger partial charge is 0.337 e. The Morgan fingerprint density at radius 1 is 1.25 bits per heavy atom. The maximum absolute atomic E-state index is 10.6. The van der Waals surface area contributed by atoms with Crippen molar-refractivity contribution in [1.82, 2.24) is 9.55 Å². The summed E-state index contributed by atoms with van der Waals surface area (Å²) in [5, 5.41) is 8.72. The second-order valence-corrected chi connectivity index (χ2v) is 2.82. The van der Waals surface area contributed by atoms with Crippen LogP contribution in [0.1, 0.15) is 24.2 Å². The van der Waals surface area contributed by atoms with E-state index in [2.05, 4.69) is 4.98 Å². The number of rotatable bonds is 2. The van der Waals surface area contributed by atoms with Gasteiger partial charge in [0.25, 0.3) is 0 Å². The van der Waals surface area contributed by atoms with Crippen molar-refractivity contribution >= 4 is 5.97 Å². The molecular weight excluding hydrogens is 204 g/mol. The van der Waals surface area contributed by atoms with E-state index in [1.54, 1.807) is 35.4 Å². The Kier molecular flexibility index (Phi) is 4.27. The van der Waals surface area contributed by atoms with Crippen molar-refractivity contribution in [2.75, 3.05) is 0 Å². The molecule has 0 spiro atoms. The van der Waals surface area contributed by atoms with Crippen LogP contribution >= 0.6 is 0 Å². The molecule has 84 valence electrons. The van der Waals surface area contributed by atoms with Crippen molar-refractivity contribution in [3.05, 3.63) is 48.5 Å². The SMILES string of the molecule is CC.O=C(O)c1ccn(-c2ccncc2)c1. The zero-order valence-electron chi connectivity index (χ0n) is 9.29. The van der Waals surface area contributed by atoms with Crippen LogP contribution in [0.3, 0.4) is 0 Å². The van der Waals surface area contributed by atoms with Crippen LogP contribution in [0.15, 0.2) is 43.0 Å². The minimum atomic E-state index is -0.919. The van der Waals surface area contributed by atoms with E-state index in [1.165, 1.54) is 0 Å². The molecule has 2 aromatic rings. The van der Waals surface area contributed by atoms with Crippen LogP contribution in [-0.4, -0.2) is 20.6 Å². The predicted octanol–water partition coefficient (Wildman–Crippen LogP) is 2.60. The number of carbonyl (C=O) groups is 1. The third kappa shape index (κ3) is 2.70. The van der Waals surface area contributed by atoms with Gasteiger partial charge < -0.3 is 9.67 Å². The highest BCUT2D eigenvalue weighted by atomic mass is 16.4. The number of aromatic carboxylic acids is 1. The van der Waals surface area contributed by atoms with Gasteiger partial charge in [-0.05, 0) is 18.2 Å². The summed E-state index contributed by atoms with van der Waals surface area (Å²) in [6.45, 7) is 4.00. The van der Waals surface area contributed by atoms with E-state index in [9.17, 15) is 4.79 Å². The molecule has 0 bridgehead atoms. The van der Waals surface area contributed by atoms with Crippen molar-refractivity contribution in [2.45, 2.75) is 13.8 Å². The molecule has 4 nitrogen and oxygen atoms in total. The molecule has 2 heterocycles. The van der Waals surface area contributed by atoms with Gasteiger partial charge in [0.15, 0.2) is 0 Å². The minimum absolute atomic E-state index is 0.279. The van der Waals surface area contributed by atoms with Crippen LogP contribution in [0.5, 0.6) is 0 Å². The summed E-state index contributed by atoms with van der Waals surface area (Å²) in [4.78, 5) is 14.5. The molecule has 0 fully saturated rings. The second-order valence-electron chi connectivity index (χ2n) is 2.82. The van der Waals surface area contributed by atoms with E-state index in [1.807, 2.05) is 26.0 Å². The average Bonchev–Trinajstić information content (AvgIpc) is 2.82. The van der Waals surface area contributed by atoms with Gasteiger partial charge in [-0.2, -0.15) is 0 Å². The zero-order chi connectivity index (χ0) is 12.0. The lowest BCUT2D eigenvalue weighted by molar-refractivity contribution is 0.0697. The molecule has 0 atom stereocenters. The Hall–Kier alpha value is -2.10. The molecule has 0 unspecified atom stereocenters. The Bertz CT molecular complexity index is 449. The molecule has 2 aromatic heterocycles. The summed E-state index contributed by atoms with van der Waals surface area (Å²) in [5.41, 5.74) is 1.18. The molecule has 0 aliphatic carbocycles. The van der Waals surface area contributed by atoms with Gasteiger partial charge in [0.05, 0.1) is 5.56 Å². The first kappa shape index (κ1) is 12.0. The molecule has 0 aromatic carbocycles. The van der Waals surface area contributed by atoms with Gasteiger partial charge in [-0.3, -0.25) is 4.98 Å². The van der Waals surface area contributed by atoms with Crippen LogP contribution in [0.25, 0.3) is 5.69 Å². The first-order valence-electron chi connectivity index (χ1n) is 5.09. The summed E-state index contributed by atoms with van der Waals surface area (Å²) < 4.78 is 1.74. The number of carboxylic acids is 1. The molecule has 4 heteroatoms. The normalized spacial score (nSPS) is 9.12. The highest BCUT2D eigenvalue weighted by Gasteiger charge is 2.04. The van der Waals surface area contributed by atoms with Gasteiger partial charge in [0.2, 0.25) is 0 Å². The lowest BCUT2D eigenvalue weighted by Crippen LogP contribution is -1.94. The first-order valence-corrected chi connectivity index (χ1v) is 5.09. The highest BCUT2D eigenvalue weighted by molar-refractivity contribution is 5.87. The summed E-state index contributed by atoms with van der Waals surface area (Å²) >= 11 is 0. The number of aromatic nitrogens is 2. The summed E-state index contributed by atoms with van der Waals surface area (Å²) in [7, 11) is 0. The second kappa shape index (κ2) is 5.70. The molecule has 0 radical (unpaired) electrons. The summed E-state index contributed by atoms with van der Waals surface area (Å²) in [6, 6.07) is 5.18. The Balaban J connectivity index is 0.000000606. The zero-order valence-corrected chi connectivity index (χ0v) is 9.29. The third-order valence-electron chi connectivity index (χ3n) is 1.90. The van der Waals surface area contributed by atoms with Gasteiger partial charge >= 0.3 is 5.97 Å². The Morgan fingerprint density at radius 3 is 2.38 bits per heavy atom. The van der Waals surface area contributed by atoms with Crippen LogP contribution in [-0.2, 0) is 0 Å². The van der Waals surface area contributed by atoms with Crippen molar-refractivity contribution in [1.29, 1.82) is 0 Å². The minimum Gasteiger partial charge on any atom is -0.478 e. The highest BCUT2D eigenvalue weighted by Crippen LogP contribution is 2.09. The monoisotopic (exact) mass is 218 g/mol. The van der Waals surface area contributed by atoms with Crippen molar-refractivity contribution in [2.24, 2.45) is 0 Å². The summed E-state index contributed by atoms with van der Waals surface area (Å²) in [5.74, 6) is -0.919. The Morgan fingerprint density at radius 2 is 1.88 bits per heavy atom. The van der Waals surface area contributed by atoms with E-state index in [0.29, 0.717) is 0 Å². The van der Waals surface area contributed by atoms with Gasteiger partial charge in [-0.15, -0.1) is 0 Å². The predicted molar refractivity (Wildman–Crippen MR) is 61.9 cm³/mol. The van der Waals surface area contributed by atoms with Crippen LogP contribution in [0, 0.1) is 0 Å². The largest absolute Gasteiger partial charge is 0.478 e. The van der Waals surface area contributed by atoms with Crippen LogP contribution in [0.4, 0.5) is 0 Å². The number of carboxylic acid groups (broad SMARTS) is 1. The number of pyridine rings is 1. The van der Waals surface area contributed by atoms with Crippen molar-refractivity contribution in [3.63, 3.8) is 0 Å². The summed E-state index contributed by atoms with van der Waals surface area (Å²) in [6.07, 6.45) is 6.60. The lowest BCUT2D eigenvalue weighted by atomic mass is 10.3. The van der Waals surface area contributed by atoms with Gasteiger partial charge in [0, 0.05) is 30.5 Å². The van der Waals surface area contributed by atoms with Gasteiger partial charge in [-0.25, -0.2) is 4.79 Å². The number of hydrogen-bond donors (Lipinski definition) is 1. The molecule has 16 heavy (non-hydrogen) atoms. The molecule has 0 saturated heterocycles. The molecule has 0 amide bonds. The van der Waals surface area contributed by atoms with Crippen LogP contribution in [0.2, 0.25) is 0 Å². The maximum atomic E-state index is 10.6. The quantitative estimate of drug-likeness (QED) is 0.842. The molecule has 0 saturated carbocycles. The molecule has 0 aliphatic heterocycles. The fraction of sp³-hybridized carbons (Fsp3) is 0.167. The van der Waals surface area contributed by atoms with E-state index in [4.69, 9.17) is 5.11 Å². The fourth-order valence-electron chi connectivity index (χ4n) is 1.20. The van der Waals surface area contributed by atoms with Gasteiger partial charge in [0.1, 0.15) is 0 Å². The Labute approximate surface area is 94.2 Å². The van der Waals surface area contributed by atoms with E-state index in [0.717, 1.165) is 5.69 Å². The van der Waals surface area contributed by atoms with Gasteiger partial charge in [-0.1, -0.05) is 13.8 Å². The number of nitrogens with zero attached hydrogens (tertiary/aromatic N) is 2. The van der Waals surface area contributed by atoms with E-state index in [-0.39, 0.29) is 5.56 Å². The standard InChI is InChI=1S/C10H8N2O2.C2H6/c13-10(14)8-3-6-12(7-8)9-1-4-11-5-2-9;1-2/h1-7H,(H,13,14);1-2H3. The maximum Gasteiger partial charge on any atom is 0.337 e. The third-order valence-corrected chi connectivity index (χ3v) is 1.90. The van der Waals surface area contributed by atoms with Crippen molar-refractivity contribution in [3.8, 4) is 5.69 Å². The van der Waals surface area contributed by atoms with E-state index < -0.39 is 5.97 Å². The van der Waals surface area contributed by atoms with E-state index >= 15 is 0 Å².